The third kappa shape index (κ3) is 6.25. The van der Waals surface area contributed by atoms with Crippen LogP contribution in [0.5, 0.6) is 0 Å². The number of aromatic nitrogens is 4. The second-order valence-electron chi connectivity index (χ2n) is 11.6. The van der Waals surface area contributed by atoms with E-state index in [1.54, 1.807) is 11.5 Å². The van der Waals surface area contributed by atoms with Gasteiger partial charge in [0.2, 0.25) is 5.95 Å². The quantitative estimate of drug-likeness (QED) is 0.159. The van der Waals surface area contributed by atoms with Crippen molar-refractivity contribution in [2.75, 3.05) is 23.7 Å². The minimum absolute atomic E-state index is 0.0358. The third-order valence-electron chi connectivity index (χ3n) is 8.53. The van der Waals surface area contributed by atoms with Crippen LogP contribution in [-0.4, -0.2) is 79.1 Å². The summed E-state index contributed by atoms with van der Waals surface area (Å²) < 4.78 is 7.46. The molecule has 2 fully saturated rings. The zero-order valence-electron chi connectivity index (χ0n) is 24.7. The van der Waals surface area contributed by atoms with Gasteiger partial charge in [0.15, 0.2) is 29.3 Å². The molecule has 1 aliphatic carbocycles. The first-order valence-corrected chi connectivity index (χ1v) is 15.3. The molecule has 232 valence electrons. The number of hydrogen-bond donors (Lipinski definition) is 6. The van der Waals surface area contributed by atoms with Crippen LogP contribution in [0.4, 0.5) is 11.8 Å². The lowest BCUT2D eigenvalue weighted by Crippen LogP contribution is -2.42. The fourth-order valence-electron chi connectivity index (χ4n) is 6.12. The molecule has 2 aliphatic rings. The number of fused-ring (bicyclic) bond motifs is 1. The number of anilines is 2. The topological polar surface area (TPSA) is 172 Å². The monoisotopic (exact) mass is 600 g/mol. The van der Waals surface area contributed by atoms with E-state index in [1.165, 1.54) is 6.33 Å². The van der Waals surface area contributed by atoms with Crippen LogP contribution in [0.15, 0.2) is 67.0 Å². The molecular formula is C32H40N8O4. The molecule has 7 N–H and O–H groups in total. The number of nitrogens with one attached hydrogen (secondary N) is 3. The van der Waals surface area contributed by atoms with E-state index >= 15 is 0 Å². The molecular weight excluding hydrogens is 560 g/mol. The lowest BCUT2D eigenvalue weighted by atomic mass is 9.91. The van der Waals surface area contributed by atoms with Crippen LogP contribution >= 0.6 is 0 Å². The number of nitrogens with zero attached hydrogens (tertiary/aromatic N) is 4. The van der Waals surface area contributed by atoms with Gasteiger partial charge in [-0.1, -0.05) is 60.7 Å². The third-order valence-corrected chi connectivity index (χ3v) is 8.53. The standard InChI is InChI=1S/C32H40N8O4/c1-2-34-30(43)27-25(41)26(42)31(44-27)40-18-36-24-28(38-32(39-29(24)40)37-22-15-13-21(33)14-16-22)35-17-23(19-9-5-3-6-10-19)20-11-7-4-8-12-20/h3-12,18,21-23,25-27,31,41-42H,2,13-17,33H2,1H3,(H,34,43)(H2,35,37,38,39)/t21?,22?,25-,26+,27-,31-/m0/s1. The predicted octanol–water partition coefficient (Wildman–Crippen LogP) is 2.51. The maximum absolute atomic E-state index is 12.5. The van der Waals surface area contributed by atoms with Crippen molar-refractivity contribution in [3.63, 3.8) is 0 Å². The van der Waals surface area contributed by atoms with Crippen LogP contribution in [0.2, 0.25) is 0 Å². The minimum atomic E-state index is -1.41. The second-order valence-corrected chi connectivity index (χ2v) is 11.6. The summed E-state index contributed by atoms with van der Waals surface area (Å²) in [6.45, 7) is 2.68. The fraction of sp³-hybridized carbons (Fsp3) is 0.438. The lowest BCUT2D eigenvalue weighted by molar-refractivity contribution is -0.137. The van der Waals surface area contributed by atoms with Gasteiger partial charge in [-0.05, 0) is 43.7 Å². The minimum Gasteiger partial charge on any atom is -0.387 e. The van der Waals surface area contributed by atoms with Gasteiger partial charge in [-0.25, -0.2) is 4.98 Å². The van der Waals surface area contributed by atoms with Gasteiger partial charge >= 0.3 is 0 Å². The summed E-state index contributed by atoms with van der Waals surface area (Å²) >= 11 is 0. The van der Waals surface area contributed by atoms with Crippen molar-refractivity contribution in [3.05, 3.63) is 78.1 Å². The van der Waals surface area contributed by atoms with Crippen LogP contribution < -0.4 is 21.7 Å². The van der Waals surface area contributed by atoms with Gasteiger partial charge in [0.05, 0.1) is 6.33 Å². The smallest absolute Gasteiger partial charge is 0.252 e. The molecule has 0 radical (unpaired) electrons. The largest absolute Gasteiger partial charge is 0.387 e. The maximum Gasteiger partial charge on any atom is 0.252 e. The molecule has 4 atom stereocenters. The normalized spacial score (nSPS) is 25.3. The summed E-state index contributed by atoms with van der Waals surface area (Å²) in [5, 5.41) is 31.3. The van der Waals surface area contributed by atoms with E-state index in [2.05, 4.69) is 45.2 Å². The van der Waals surface area contributed by atoms with E-state index in [-0.39, 0.29) is 18.0 Å². The highest BCUT2D eigenvalue weighted by Gasteiger charge is 2.47. The average Bonchev–Trinajstić information content (AvgIpc) is 3.59. The Morgan fingerprint density at radius 2 is 1.66 bits per heavy atom. The highest BCUT2D eigenvalue weighted by Crippen LogP contribution is 2.34. The molecule has 4 aromatic rings. The molecule has 1 saturated carbocycles. The van der Waals surface area contributed by atoms with E-state index in [0.29, 0.717) is 36.0 Å². The van der Waals surface area contributed by atoms with Crippen LogP contribution in [0.1, 0.15) is 55.9 Å². The predicted molar refractivity (Wildman–Crippen MR) is 167 cm³/mol. The van der Waals surface area contributed by atoms with Crippen molar-refractivity contribution in [2.24, 2.45) is 5.73 Å². The summed E-state index contributed by atoms with van der Waals surface area (Å²) in [7, 11) is 0. The van der Waals surface area contributed by atoms with Crippen molar-refractivity contribution in [3.8, 4) is 0 Å². The Hall–Kier alpha value is -4.10. The number of amides is 1. The van der Waals surface area contributed by atoms with Crippen molar-refractivity contribution < 1.29 is 19.7 Å². The summed E-state index contributed by atoms with van der Waals surface area (Å²) in [5.41, 5.74) is 9.34. The van der Waals surface area contributed by atoms with E-state index in [1.807, 2.05) is 36.4 Å². The second kappa shape index (κ2) is 13.3. The van der Waals surface area contributed by atoms with Crippen molar-refractivity contribution >= 4 is 28.8 Å². The van der Waals surface area contributed by atoms with Gasteiger partial charge in [-0.2, -0.15) is 9.97 Å². The van der Waals surface area contributed by atoms with Crippen molar-refractivity contribution in [1.82, 2.24) is 24.8 Å². The number of rotatable bonds is 10. The molecule has 6 rings (SSSR count). The molecule has 1 saturated heterocycles. The summed E-state index contributed by atoms with van der Waals surface area (Å²) in [5.74, 6) is 0.475. The summed E-state index contributed by atoms with van der Waals surface area (Å²) in [6, 6.07) is 20.9. The average molecular weight is 601 g/mol. The molecule has 3 heterocycles. The van der Waals surface area contributed by atoms with Crippen molar-refractivity contribution in [1.29, 1.82) is 0 Å². The van der Waals surface area contributed by atoms with Gasteiger partial charge in [0, 0.05) is 31.1 Å². The molecule has 2 aromatic carbocycles. The number of hydrogen-bond acceptors (Lipinski definition) is 10. The Morgan fingerprint density at radius 1 is 1.00 bits per heavy atom. The zero-order chi connectivity index (χ0) is 30.6. The molecule has 2 aromatic heterocycles. The molecule has 0 spiro atoms. The first-order chi connectivity index (χ1) is 21.4. The highest BCUT2D eigenvalue weighted by molar-refractivity contribution is 5.85. The van der Waals surface area contributed by atoms with Crippen LogP contribution in [-0.2, 0) is 9.53 Å². The number of carbonyl (C=O) groups excluding carboxylic acids is 1. The van der Waals surface area contributed by atoms with Crippen LogP contribution in [0, 0.1) is 0 Å². The molecule has 1 aliphatic heterocycles. The van der Waals surface area contributed by atoms with Gasteiger partial charge < -0.3 is 36.6 Å². The van der Waals surface area contributed by atoms with Gasteiger partial charge in [-0.3, -0.25) is 9.36 Å². The van der Waals surface area contributed by atoms with Crippen LogP contribution in [0.3, 0.4) is 0 Å². The number of nitrogens with two attached hydrogens (primary N) is 1. The molecule has 44 heavy (non-hydrogen) atoms. The zero-order valence-corrected chi connectivity index (χ0v) is 24.7. The van der Waals surface area contributed by atoms with Gasteiger partial charge in [0.1, 0.15) is 12.2 Å². The Balaban J connectivity index is 1.34. The Kier molecular flexibility index (Phi) is 9.03. The van der Waals surface area contributed by atoms with E-state index in [9.17, 15) is 15.0 Å². The van der Waals surface area contributed by atoms with E-state index < -0.39 is 30.4 Å². The Morgan fingerprint density at radius 3 is 2.30 bits per heavy atom. The number of aliphatic hydroxyl groups is 2. The van der Waals surface area contributed by atoms with Crippen molar-refractivity contribution in [2.45, 2.75) is 75.1 Å². The molecule has 1 amide bonds. The van der Waals surface area contributed by atoms with Crippen LogP contribution in [0.25, 0.3) is 11.2 Å². The number of aliphatic hydroxyl groups excluding tert-OH is 2. The molecule has 0 unspecified atom stereocenters. The van der Waals surface area contributed by atoms with E-state index in [4.69, 9.17) is 20.4 Å². The molecule has 0 bridgehead atoms. The molecule has 12 nitrogen and oxygen atoms in total. The number of carbonyl (C=O) groups is 1. The fourth-order valence-corrected chi connectivity index (χ4v) is 6.12. The van der Waals surface area contributed by atoms with Gasteiger partial charge in [0.25, 0.3) is 5.91 Å². The Labute approximate surface area is 256 Å². The first-order valence-electron chi connectivity index (χ1n) is 15.3. The SMILES string of the molecule is CCNC(=O)[C@H]1O[C@H](n2cnc3c(NCC(c4ccccc4)c4ccccc4)nc(NC4CCC(N)CC4)nc32)[C@H](O)[C@@H]1O. The number of benzene rings is 2. The van der Waals surface area contributed by atoms with Gasteiger partial charge in [-0.15, -0.1) is 0 Å². The lowest BCUT2D eigenvalue weighted by Gasteiger charge is -2.27. The number of likely N-dealkylation sites (N-methyl/N-ethyl adjacent to an activating group) is 1. The highest BCUT2D eigenvalue weighted by atomic mass is 16.6. The summed E-state index contributed by atoms with van der Waals surface area (Å²) in [6.07, 6.45) is 0.0494. The Bertz CT molecular complexity index is 1500. The first kappa shape index (κ1) is 29.9. The number of imidazole rings is 1. The van der Waals surface area contributed by atoms with E-state index in [0.717, 1.165) is 36.8 Å². The number of ether oxygens (including phenoxy) is 1. The molecule has 12 heteroatoms. The maximum atomic E-state index is 12.5. The summed E-state index contributed by atoms with van der Waals surface area (Å²) in [4.78, 5) is 26.8.